The minimum Gasteiger partial charge on any atom is -0.261 e. The Bertz CT molecular complexity index is 727. The average molecular weight is 284 g/mol. The molecular weight excluding hydrogens is 264 g/mol. The molecule has 0 aliphatic heterocycles. The zero-order valence-corrected chi connectivity index (χ0v) is 12.5. The normalized spacial score (nSPS) is 11.3. The third kappa shape index (κ3) is 2.66. The second-order valence-electron chi connectivity index (χ2n) is 5.14. The summed E-state index contributed by atoms with van der Waals surface area (Å²) in [5.74, 6) is 1.81. The Labute approximate surface area is 123 Å². The number of aryl methyl sites for hydroxylation is 2. The van der Waals surface area contributed by atoms with E-state index in [4.69, 9.17) is 4.98 Å². The summed E-state index contributed by atoms with van der Waals surface area (Å²) in [6.45, 7) is 5.20. The van der Waals surface area contributed by atoms with Gasteiger partial charge in [-0.3, -0.25) is 4.98 Å². The van der Waals surface area contributed by atoms with Crippen molar-refractivity contribution in [2.45, 2.75) is 46.1 Å². The minimum atomic E-state index is 0.867. The van der Waals surface area contributed by atoms with Crippen LogP contribution < -0.4 is 0 Å². The lowest BCUT2D eigenvalue weighted by Crippen LogP contribution is -2.02. The van der Waals surface area contributed by atoms with Gasteiger partial charge in [-0.15, -0.1) is 0 Å². The third-order valence-electron chi connectivity index (χ3n) is 3.47. The molecule has 0 fully saturated rings. The van der Waals surface area contributed by atoms with Gasteiger partial charge in [0.25, 0.3) is 0 Å². The Morgan fingerprint density at radius 2 is 2.05 bits per heavy atom. The predicted octanol–water partition coefficient (Wildman–Crippen LogP) is 2.74. The van der Waals surface area contributed by atoms with Crippen molar-refractivity contribution in [3.8, 4) is 11.4 Å². The van der Waals surface area contributed by atoms with E-state index in [-0.39, 0.29) is 0 Å². The highest BCUT2D eigenvalue weighted by Crippen LogP contribution is 2.23. The first kappa shape index (κ1) is 13.7. The molecule has 0 saturated heterocycles. The maximum absolute atomic E-state index is 4.73. The molecule has 0 amide bonds. The van der Waals surface area contributed by atoms with E-state index in [0.29, 0.717) is 0 Å². The molecule has 6 heteroatoms. The Morgan fingerprint density at radius 1 is 1.14 bits per heavy atom. The zero-order valence-electron chi connectivity index (χ0n) is 12.5. The molecule has 0 unspecified atom stereocenters. The molecular formula is C15H20N6. The van der Waals surface area contributed by atoms with Gasteiger partial charge in [-0.25, -0.2) is 14.2 Å². The van der Waals surface area contributed by atoms with Gasteiger partial charge < -0.3 is 0 Å². The van der Waals surface area contributed by atoms with Crippen LogP contribution >= 0.6 is 0 Å². The van der Waals surface area contributed by atoms with Crippen molar-refractivity contribution in [3.05, 3.63) is 30.6 Å². The molecule has 3 aromatic heterocycles. The second-order valence-corrected chi connectivity index (χ2v) is 5.14. The lowest BCUT2D eigenvalue weighted by Gasteiger charge is -2.02. The van der Waals surface area contributed by atoms with Crippen LogP contribution in [0.5, 0.6) is 0 Å². The topological polar surface area (TPSA) is 60.9 Å². The van der Waals surface area contributed by atoms with Crippen LogP contribution in [0.1, 0.15) is 38.9 Å². The molecule has 0 spiro atoms. The fourth-order valence-electron chi connectivity index (χ4n) is 2.40. The molecule has 0 N–H and O–H groups in total. The van der Waals surface area contributed by atoms with Crippen LogP contribution in [0.25, 0.3) is 16.9 Å². The maximum atomic E-state index is 4.73. The van der Waals surface area contributed by atoms with Crippen molar-refractivity contribution in [2.75, 3.05) is 0 Å². The van der Waals surface area contributed by atoms with Crippen LogP contribution in [0.3, 0.4) is 0 Å². The second kappa shape index (κ2) is 6.03. The molecule has 0 aliphatic rings. The molecule has 110 valence electrons. The summed E-state index contributed by atoms with van der Waals surface area (Å²) in [7, 11) is 0. The zero-order chi connectivity index (χ0) is 14.7. The summed E-state index contributed by atoms with van der Waals surface area (Å²) < 4.78 is 3.81. The summed E-state index contributed by atoms with van der Waals surface area (Å²) in [6, 6.07) is 0. The van der Waals surface area contributed by atoms with E-state index in [0.717, 1.165) is 55.0 Å². The van der Waals surface area contributed by atoms with Gasteiger partial charge in [0.05, 0.1) is 23.5 Å². The van der Waals surface area contributed by atoms with E-state index >= 15 is 0 Å². The van der Waals surface area contributed by atoms with E-state index in [1.807, 2.05) is 27.8 Å². The fraction of sp³-hybridized carbons (Fsp3) is 0.467. The molecule has 0 saturated carbocycles. The van der Waals surface area contributed by atoms with E-state index in [1.54, 1.807) is 6.20 Å². The van der Waals surface area contributed by atoms with Crippen molar-refractivity contribution in [3.63, 3.8) is 0 Å². The van der Waals surface area contributed by atoms with Crippen molar-refractivity contribution < 1.29 is 0 Å². The first-order valence-electron chi connectivity index (χ1n) is 7.55. The van der Waals surface area contributed by atoms with E-state index < -0.39 is 0 Å². The van der Waals surface area contributed by atoms with Crippen LogP contribution in [-0.2, 0) is 13.0 Å². The third-order valence-corrected chi connectivity index (χ3v) is 3.47. The number of hydrogen-bond acceptors (Lipinski definition) is 4. The summed E-state index contributed by atoms with van der Waals surface area (Å²) in [5.41, 5.74) is 1.95. The van der Waals surface area contributed by atoms with Crippen LogP contribution in [0, 0.1) is 0 Å². The van der Waals surface area contributed by atoms with Crippen molar-refractivity contribution in [1.29, 1.82) is 0 Å². The fourth-order valence-corrected chi connectivity index (χ4v) is 2.40. The lowest BCUT2D eigenvalue weighted by atomic mass is 10.2. The Hall–Kier alpha value is -2.24. The Balaban J connectivity index is 2.05. The SMILES string of the molecule is CCCCc1nc(-c2cnn3ccncc23)n(CCC)n1. The molecule has 0 aromatic carbocycles. The quantitative estimate of drug-likeness (QED) is 0.698. The number of nitrogens with zero attached hydrogens (tertiary/aromatic N) is 6. The largest absolute Gasteiger partial charge is 0.261 e. The molecule has 3 heterocycles. The molecule has 21 heavy (non-hydrogen) atoms. The van der Waals surface area contributed by atoms with Crippen molar-refractivity contribution in [1.82, 2.24) is 29.4 Å². The molecule has 0 atom stereocenters. The van der Waals surface area contributed by atoms with E-state index in [1.165, 1.54) is 0 Å². The number of unbranched alkanes of at least 4 members (excludes halogenated alkanes) is 1. The predicted molar refractivity (Wildman–Crippen MR) is 80.9 cm³/mol. The molecule has 0 bridgehead atoms. The van der Waals surface area contributed by atoms with Crippen LogP contribution in [0.15, 0.2) is 24.8 Å². The van der Waals surface area contributed by atoms with E-state index in [9.17, 15) is 0 Å². The monoisotopic (exact) mass is 284 g/mol. The molecule has 0 radical (unpaired) electrons. The van der Waals surface area contributed by atoms with Gasteiger partial charge in [-0.2, -0.15) is 10.2 Å². The standard InChI is InChI=1S/C15H20N6/c1-3-5-6-14-18-15(21(19-14)8-4-2)12-10-17-20-9-7-16-11-13(12)20/h7,9-11H,3-6,8H2,1-2H3. The number of aromatic nitrogens is 6. The van der Waals surface area contributed by atoms with Crippen LogP contribution in [-0.4, -0.2) is 29.4 Å². The van der Waals surface area contributed by atoms with Gasteiger partial charge >= 0.3 is 0 Å². The number of hydrogen-bond donors (Lipinski definition) is 0. The minimum absolute atomic E-state index is 0.867. The van der Waals surface area contributed by atoms with E-state index in [2.05, 4.69) is 29.0 Å². The average Bonchev–Trinajstić information content (AvgIpc) is 3.09. The van der Waals surface area contributed by atoms with Crippen LogP contribution in [0.4, 0.5) is 0 Å². The summed E-state index contributed by atoms with van der Waals surface area (Å²) in [4.78, 5) is 8.91. The lowest BCUT2D eigenvalue weighted by molar-refractivity contribution is 0.596. The maximum Gasteiger partial charge on any atom is 0.162 e. The number of rotatable bonds is 6. The smallest absolute Gasteiger partial charge is 0.162 e. The van der Waals surface area contributed by atoms with Gasteiger partial charge in [0.2, 0.25) is 0 Å². The first-order chi connectivity index (χ1) is 10.3. The van der Waals surface area contributed by atoms with Crippen molar-refractivity contribution >= 4 is 5.52 Å². The highest BCUT2D eigenvalue weighted by Gasteiger charge is 2.15. The Morgan fingerprint density at radius 3 is 2.86 bits per heavy atom. The van der Waals surface area contributed by atoms with Crippen molar-refractivity contribution in [2.24, 2.45) is 0 Å². The van der Waals surface area contributed by atoms with Crippen LogP contribution in [0.2, 0.25) is 0 Å². The summed E-state index contributed by atoms with van der Waals surface area (Å²) in [6.07, 6.45) is 11.5. The first-order valence-corrected chi connectivity index (χ1v) is 7.55. The van der Waals surface area contributed by atoms with Gasteiger partial charge in [0.15, 0.2) is 11.6 Å². The Kier molecular flexibility index (Phi) is 3.94. The van der Waals surface area contributed by atoms with Gasteiger partial charge in [-0.1, -0.05) is 20.3 Å². The summed E-state index contributed by atoms with van der Waals surface area (Å²) in [5, 5.41) is 9.01. The highest BCUT2D eigenvalue weighted by atomic mass is 15.4. The number of fused-ring (bicyclic) bond motifs is 1. The van der Waals surface area contributed by atoms with Gasteiger partial charge in [0, 0.05) is 25.4 Å². The highest BCUT2D eigenvalue weighted by molar-refractivity contribution is 5.74. The van der Waals surface area contributed by atoms with Gasteiger partial charge in [-0.05, 0) is 12.8 Å². The summed E-state index contributed by atoms with van der Waals surface area (Å²) >= 11 is 0. The molecule has 6 nitrogen and oxygen atoms in total. The molecule has 3 rings (SSSR count). The molecule has 3 aromatic rings. The van der Waals surface area contributed by atoms with Gasteiger partial charge in [0.1, 0.15) is 0 Å². The molecule has 0 aliphatic carbocycles.